The first-order valence-electron chi connectivity index (χ1n) is 24.3. The largest absolute Gasteiger partial charge is 0.311 e. The number of fused-ring (bicyclic) bond motifs is 7. The Bertz CT molecular complexity index is 2830. The predicted octanol–water partition coefficient (Wildman–Crippen LogP) is 13.6. The molecule has 3 heteroatoms. The average Bonchev–Trinajstić information content (AvgIpc) is 3.54. The Kier molecular flexibility index (Phi) is 7.17. The van der Waals surface area contributed by atoms with E-state index in [1.165, 1.54) is 60.9 Å². The van der Waals surface area contributed by atoms with Crippen LogP contribution in [0.5, 0.6) is 0 Å². The summed E-state index contributed by atoms with van der Waals surface area (Å²) < 4.78 is 27.3. The maximum Gasteiger partial charge on any atom is 0.252 e. The zero-order valence-electron chi connectivity index (χ0n) is 42.5. The van der Waals surface area contributed by atoms with Crippen molar-refractivity contribution in [3.05, 3.63) is 123 Å². The molecule has 310 valence electrons. The Morgan fingerprint density at radius 3 is 1.53 bits per heavy atom. The van der Waals surface area contributed by atoms with Gasteiger partial charge in [0.1, 0.15) is 0 Å². The topological polar surface area (TPSA) is 6.48 Å². The van der Waals surface area contributed by atoms with Crippen LogP contribution >= 0.6 is 0 Å². The van der Waals surface area contributed by atoms with Crippen LogP contribution in [0.2, 0.25) is 0 Å². The smallest absolute Gasteiger partial charge is 0.252 e. The summed E-state index contributed by atoms with van der Waals surface area (Å²) in [4.78, 5) is 4.95. The van der Waals surface area contributed by atoms with Crippen LogP contribution in [-0.4, -0.2) is 6.71 Å². The van der Waals surface area contributed by atoms with Crippen LogP contribution < -0.4 is 26.2 Å². The Morgan fingerprint density at radius 1 is 0.483 bits per heavy atom. The minimum absolute atomic E-state index is 0.00216. The van der Waals surface area contributed by atoms with E-state index in [2.05, 4.69) is 181 Å². The monoisotopic (exact) mass is 796 g/mol. The number of rotatable bonds is 2. The fourth-order valence-electron chi connectivity index (χ4n) is 13.9. The number of nitrogens with zero attached hydrogens (tertiary/aromatic N) is 2. The third-order valence-electron chi connectivity index (χ3n) is 15.9. The van der Waals surface area contributed by atoms with E-state index >= 15 is 0 Å². The second-order valence-electron chi connectivity index (χ2n) is 24.8. The Labute approximate surface area is 367 Å². The molecule has 0 aromatic heterocycles. The quantitative estimate of drug-likeness (QED) is 0.161. The van der Waals surface area contributed by atoms with Crippen molar-refractivity contribution in [2.45, 2.75) is 175 Å². The molecule has 2 aliphatic heterocycles. The van der Waals surface area contributed by atoms with E-state index in [0.717, 1.165) is 53.4 Å². The molecule has 2 nitrogen and oxygen atoms in total. The van der Waals surface area contributed by atoms with Gasteiger partial charge in [0.15, 0.2) is 0 Å². The first-order chi connectivity index (χ1) is 28.8. The normalized spacial score (nSPS) is 22.2. The molecule has 0 fully saturated rings. The zero-order chi connectivity index (χ0) is 45.7. The molecular formula is C57H69BN2. The van der Waals surface area contributed by atoms with Crippen LogP contribution in [0.3, 0.4) is 0 Å². The molecule has 5 aliphatic rings. The summed E-state index contributed by atoms with van der Waals surface area (Å²) in [5, 5.41) is 0. The van der Waals surface area contributed by atoms with Crippen molar-refractivity contribution < 1.29 is 4.11 Å². The van der Waals surface area contributed by atoms with E-state index < -0.39 is 6.85 Å². The van der Waals surface area contributed by atoms with E-state index in [4.69, 9.17) is 4.11 Å². The maximum atomic E-state index is 9.10. The summed E-state index contributed by atoms with van der Waals surface area (Å²) in [6, 6.07) is 28.4. The van der Waals surface area contributed by atoms with Crippen molar-refractivity contribution in [2.75, 3.05) is 9.80 Å². The molecule has 3 aliphatic carbocycles. The molecule has 0 bridgehead atoms. The fourth-order valence-corrected chi connectivity index (χ4v) is 13.9. The summed E-state index contributed by atoms with van der Waals surface area (Å²) in [7, 11) is 0. The second kappa shape index (κ2) is 11.8. The first kappa shape index (κ1) is 36.4. The standard InChI is InChI=1S/C57H69BN2/c1-33-22-48-50-49(23-33)60(45-28-41-38(24-34(45)2)53(8,9)31-56(41,14)15)46-25-35(51(3,4)5)18-21-43(46)58(50)44-27-40-42(57(16,17)32-55(40,12)13)29-47(44)59(48)36-19-20-37-39(26-36)54(10,11)30-52(37,6)7/h18-29H,30-32H2,1-17H3/i1D3. The number of hydrogen-bond acceptors (Lipinski definition) is 2. The van der Waals surface area contributed by atoms with Gasteiger partial charge in [-0.25, -0.2) is 0 Å². The summed E-state index contributed by atoms with van der Waals surface area (Å²) in [5.41, 5.74) is 21.5. The van der Waals surface area contributed by atoms with Gasteiger partial charge in [-0.3, -0.25) is 0 Å². The van der Waals surface area contributed by atoms with Crippen molar-refractivity contribution in [1.82, 2.24) is 0 Å². The van der Waals surface area contributed by atoms with Crippen LogP contribution in [0.25, 0.3) is 0 Å². The molecule has 0 spiro atoms. The van der Waals surface area contributed by atoms with Crippen molar-refractivity contribution in [2.24, 2.45) is 0 Å². The minimum Gasteiger partial charge on any atom is -0.311 e. The van der Waals surface area contributed by atoms with Crippen molar-refractivity contribution in [1.29, 1.82) is 0 Å². The van der Waals surface area contributed by atoms with Gasteiger partial charge in [-0.15, -0.1) is 0 Å². The van der Waals surface area contributed by atoms with Gasteiger partial charge in [-0.1, -0.05) is 134 Å². The zero-order valence-corrected chi connectivity index (χ0v) is 39.5. The second-order valence-corrected chi connectivity index (χ2v) is 24.8. The summed E-state index contributed by atoms with van der Waals surface area (Å²) >= 11 is 0. The minimum atomic E-state index is -2.33. The van der Waals surface area contributed by atoms with Gasteiger partial charge in [0.25, 0.3) is 6.71 Å². The molecule has 0 atom stereocenters. The fraction of sp³-hybridized carbons (Fsp3) is 0.474. The molecule has 5 aromatic rings. The van der Waals surface area contributed by atoms with Crippen molar-refractivity contribution in [3.63, 3.8) is 0 Å². The van der Waals surface area contributed by atoms with Crippen molar-refractivity contribution >= 4 is 57.2 Å². The van der Waals surface area contributed by atoms with E-state index in [-0.39, 0.29) is 44.6 Å². The van der Waals surface area contributed by atoms with Gasteiger partial charge in [0, 0.05) is 38.2 Å². The number of benzene rings is 5. The third-order valence-corrected chi connectivity index (χ3v) is 15.9. The SMILES string of the molecule is [2H]C([2H])([2H])c1cc2c3c(c1)N(c1cc4c(cc1C)C(C)(C)CC4(C)C)c1cc(C(C)(C)C)ccc1B3c1cc3c(cc1N2c1ccc2c(c1)C(C)(C)CC2(C)C)C(C)(C)CC3(C)C. The molecule has 0 radical (unpaired) electrons. The van der Waals surface area contributed by atoms with Gasteiger partial charge in [0.2, 0.25) is 0 Å². The Balaban J connectivity index is 1.36. The van der Waals surface area contributed by atoms with E-state index in [0.29, 0.717) is 5.56 Å². The molecule has 0 N–H and O–H groups in total. The van der Waals surface area contributed by atoms with Gasteiger partial charge < -0.3 is 9.80 Å². The highest BCUT2D eigenvalue weighted by molar-refractivity contribution is 7.00. The first-order valence-corrected chi connectivity index (χ1v) is 22.8. The lowest BCUT2D eigenvalue weighted by Crippen LogP contribution is -2.61. The average molecular weight is 796 g/mol. The highest BCUT2D eigenvalue weighted by atomic mass is 15.2. The van der Waals surface area contributed by atoms with Crippen LogP contribution in [0.15, 0.2) is 72.8 Å². The molecule has 0 unspecified atom stereocenters. The molecule has 10 rings (SSSR count). The van der Waals surface area contributed by atoms with Crippen LogP contribution in [0.4, 0.5) is 34.1 Å². The van der Waals surface area contributed by atoms with Gasteiger partial charge >= 0.3 is 0 Å². The highest BCUT2D eigenvalue weighted by Gasteiger charge is 2.50. The van der Waals surface area contributed by atoms with Gasteiger partial charge in [-0.2, -0.15) is 0 Å². The highest BCUT2D eigenvalue weighted by Crippen LogP contribution is 2.56. The molecule has 60 heavy (non-hydrogen) atoms. The lowest BCUT2D eigenvalue weighted by atomic mass is 9.33. The van der Waals surface area contributed by atoms with Gasteiger partial charge in [0.05, 0.1) is 0 Å². The summed E-state index contributed by atoms with van der Waals surface area (Å²) in [6.45, 7) is 35.5. The summed E-state index contributed by atoms with van der Waals surface area (Å²) in [5.74, 6) is 0. The lowest BCUT2D eigenvalue weighted by Gasteiger charge is -2.46. The Morgan fingerprint density at radius 2 is 0.967 bits per heavy atom. The van der Waals surface area contributed by atoms with Crippen LogP contribution in [0.1, 0.15) is 177 Å². The molecule has 0 amide bonds. The lowest BCUT2D eigenvalue weighted by molar-refractivity contribution is 0.402. The van der Waals surface area contributed by atoms with E-state index in [1.807, 2.05) is 12.1 Å². The number of hydrogen-bond donors (Lipinski definition) is 0. The van der Waals surface area contributed by atoms with E-state index in [1.54, 1.807) is 0 Å². The number of aryl methyl sites for hydroxylation is 2. The third kappa shape index (κ3) is 5.45. The van der Waals surface area contributed by atoms with Crippen LogP contribution in [0, 0.1) is 13.8 Å². The number of anilines is 6. The van der Waals surface area contributed by atoms with Crippen LogP contribution in [-0.2, 0) is 37.9 Å². The van der Waals surface area contributed by atoms with E-state index in [9.17, 15) is 0 Å². The molecule has 2 heterocycles. The molecule has 0 saturated carbocycles. The molecule has 5 aromatic carbocycles. The van der Waals surface area contributed by atoms with Crippen molar-refractivity contribution in [3.8, 4) is 0 Å². The maximum absolute atomic E-state index is 9.10. The summed E-state index contributed by atoms with van der Waals surface area (Å²) in [6.07, 6.45) is 3.22. The Hall–Kier alpha value is -4.24. The molecular weight excluding hydrogens is 723 g/mol. The van der Waals surface area contributed by atoms with Gasteiger partial charge in [-0.05, 0) is 180 Å². The predicted molar refractivity (Wildman–Crippen MR) is 261 cm³/mol. The molecule has 0 saturated heterocycles.